The molecule has 0 aliphatic rings. The summed E-state index contributed by atoms with van der Waals surface area (Å²) in [7, 11) is 0. The third-order valence-electron chi connectivity index (χ3n) is 2.45. The molecule has 0 aromatic carbocycles. The molecule has 0 atom stereocenters. The Bertz CT molecular complexity index is 687. The van der Waals surface area contributed by atoms with Crippen LogP contribution < -0.4 is 5.56 Å². The van der Waals surface area contributed by atoms with Gasteiger partial charge in [0.2, 0.25) is 0 Å². The van der Waals surface area contributed by atoms with Crippen LogP contribution in [0, 0.1) is 5.82 Å². The first kappa shape index (κ1) is 14.4. The molecule has 2 rings (SSSR count). The number of hydrogen-bond acceptors (Lipinski definition) is 4. The fraction of sp³-hybridized carbons (Fsp3) is 0.154. The molecule has 0 spiro atoms. The van der Waals surface area contributed by atoms with E-state index in [1.807, 2.05) is 0 Å². The minimum atomic E-state index is -0.681. The summed E-state index contributed by atoms with van der Waals surface area (Å²) in [5.41, 5.74) is -0.164. The van der Waals surface area contributed by atoms with Crippen LogP contribution in [0.25, 0.3) is 0 Å². The molecule has 0 saturated heterocycles. The SMILES string of the molecule is O=C(OCCn1cc(Br)ccc1=O)c1cncc(F)c1. The molecular formula is C13H10BrFN2O3. The van der Waals surface area contributed by atoms with Gasteiger partial charge in [-0.25, -0.2) is 9.18 Å². The van der Waals surface area contributed by atoms with Crippen LogP contribution in [0.5, 0.6) is 0 Å². The van der Waals surface area contributed by atoms with Crippen molar-refractivity contribution in [3.63, 3.8) is 0 Å². The molecule has 0 N–H and O–H groups in total. The quantitative estimate of drug-likeness (QED) is 0.798. The van der Waals surface area contributed by atoms with Crippen LogP contribution in [0.2, 0.25) is 0 Å². The predicted octanol–water partition coefficient (Wildman–Crippen LogP) is 2.00. The maximum absolute atomic E-state index is 12.9. The Morgan fingerprint density at radius 2 is 2.20 bits per heavy atom. The van der Waals surface area contributed by atoms with Gasteiger partial charge in [0.1, 0.15) is 12.4 Å². The molecule has 0 fully saturated rings. The highest BCUT2D eigenvalue weighted by molar-refractivity contribution is 9.10. The van der Waals surface area contributed by atoms with Gasteiger partial charge in [0.25, 0.3) is 5.56 Å². The Balaban J connectivity index is 1.94. The summed E-state index contributed by atoms with van der Waals surface area (Å²) in [5.74, 6) is -1.29. The summed E-state index contributed by atoms with van der Waals surface area (Å²) >= 11 is 3.24. The van der Waals surface area contributed by atoms with Gasteiger partial charge in [-0.05, 0) is 28.1 Å². The van der Waals surface area contributed by atoms with Crippen molar-refractivity contribution in [1.29, 1.82) is 0 Å². The molecule has 2 heterocycles. The van der Waals surface area contributed by atoms with Crippen molar-refractivity contribution in [2.45, 2.75) is 6.54 Å². The van der Waals surface area contributed by atoms with Crippen LogP contribution in [0.3, 0.4) is 0 Å². The highest BCUT2D eigenvalue weighted by Crippen LogP contribution is 2.05. The Hall–Kier alpha value is -2.02. The molecule has 2 aromatic heterocycles. The standard InChI is InChI=1S/C13H10BrFN2O3/c14-10-1-2-12(18)17(8-10)3-4-20-13(19)9-5-11(15)7-16-6-9/h1-2,5-8H,3-4H2. The Morgan fingerprint density at radius 3 is 2.95 bits per heavy atom. The molecule has 0 bridgehead atoms. The molecule has 0 radical (unpaired) electrons. The number of carbonyl (C=O) groups excluding carboxylic acids is 1. The van der Waals surface area contributed by atoms with Gasteiger partial charge in [-0.3, -0.25) is 9.78 Å². The Morgan fingerprint density at radius 1 is 1.40 bits per heavy atom. The van der Waals surface area contributed by atoms with E-state index in [-0.39, 0.29) is 24.3 Å². The van der Waals surface area contributed by atoms with Crippen LogP contribution in [-0.2, 0) is 11.3 Å². The first-order valence-corrected chi connectivity index (χ1v) is 6.49. The topological polar surface area (TPSA) is 61.2 Å². The summed E-state index contributed by atoms with van der Waals surface area (Å²) in [6.07, 6.45) is 3.81. The molecule has 0 aliphatic carbocycles. The maximum Gasteiger partial charge on any atom is 0.339 e. The molecule has 7 heteroatoms. The van der Waals surface area contributed by atoms with Crippen LogP contribution in [0.15, 0.2) is 46.1 Å². The van der Waals surface area contributed by atoms with Gasteiger partial charge >= 0.3 is 5.97 Å². The monoisotopic (exact) mass is 340 g/mol. The summed E-state index contributed by atoms with van der Waals surface area (Å²) in [6, 6.07) is 4.08. The average Bonchev–Trinajstić information content (AvgIpc) is 2.42. The molecule has 5 nitrogen and oxygen atoms in total. The molecule has 0 unspecified atom stereocenters. The minimum Gasteiger partial charge on any atom is -0.460 e. The van der Waals surface area contributed by atoms with E-state index < -0.39 is 11.8 Å². The van der Waals surface area contributed by atoms with Crippen molar-refractivity contribution < 1.29 is 13.9 Å². The van der Waals surface area contributed by atoms with E-state index in [2.05, 4.69) is 20.9 Å². The lowest BCUT2D eigenvalue weighted by molar-refractivity contribution is 0.0489. The molecule has 0 aliphatic heterocycles. The number of esters is 1. The molecule has 20 heavy (non-hydrogen) atoms. The van der Waals surface area contributed by atoms with E-state index in [1.54, 1.807) is 12.3 Å². The highest BCUT2D eigenvalue weighted by Gasteiger charge is 2.08. The number of aromatic nitrogens is 2. The van der Waals surface area contributed by atoms with Gasteiger partial charge in [0.15, 0.2) is 0 Å². The minimum absolute atomic E-state index is 0.00566. The van der Waals surface area contributed by atoms with Gasteiger partial charge in [-0.2, -0.15) is 0 Å². The van der Waals surface area contributed by atoms with Crippen LogP contribution in [0.4, 0.5) is 4.39 Å². The van der Waals surface area contributed by atoms with Gasteiger partial charge in [-0.1, -0.05) is 0 Å². The van der Waals surface area contributed by atoms with Crippen molar-refractivity contribution in [2.75, 3.05) is 6.61 Å². The summed E-state index contributed by atoms with van der Waals surface area (Å²) in [4.78, 5) is 26.7. The van der Waals surface area contributed by atoms with E-state index in [0.29, 0.717) is 0 Å². The van der Waals surface area contributed by atoms with E-state index in [1.165, 1.54) is 16.8 Å². The zero-order valence-corrected chi connectivity index (χ0v) is 11.8. The summed E-state index contributed by atoms with van der Waals surface area (Å²) in [6.45, 7) is 0.221. The fourth-order valence-corrected chi connectivity index (χ4v) is 1.90. The first-order chi connectivity index (χ1) is 9.56. The third kappa shape index (κ3) is 3.74. The lowest BCUT2D eigenvalue weighted by Crippen LogP contribution is -2.22. The van der Waals surface area contributed by atoms with Crippen molar-refractivity contribution >= 4 is 21.9 Å². The van der Waals surface area contributed by atoms with Crippen molar-refractivity contribution in [2.24, 2.45) is 0 Å². The number of ether oxygens (including phenoxy) is 1. The van der Waals surface area contributed by atoms with Crippen LogP contribution >= 0.6 is 15.9 Å². The molecule has 2 aromatic rings. The zero-order valence-electron chi connectivity index (χ0n) is 10.3. The second-order valence-electron chi connectivity index (χ2n) is 3.91. The number of pyridine rings is 2. The van der Waals surface area contributed by atoms with E-state index in [4.69, 9.17) is 4.74 Å². The van der Waals surface area contributed by atoms with Crippen LogP contribution in [0.1, 0.15) is 10.4 Å². The molecule has 0 amide bonds. The number of halogens is 2. The second kappa shape index (κ2) is 6.42. The van der Waals surface area contributed by atoms with Crippen molar-refractivity contribution in [3.05, 3.63) is 63.0 Å². The van der Waals surface area contributed by atoms with Gasteiger partial charge in [0, 0.05) is 22.9 Å². The number of carbonyl (C=O) groups is 1. The maximum atomic E-state index is 12.9. The second-order valence-corrected chi connectivity index (χ2v) is 4.82. The first-order valence-electron chi connectivity index (χ1n) is 5.70. The number of hydrogen-bond donors (Lipinski definition) is 0. The predicted molar refractivity (Wildman–Crippen MR) is 72.9 cm³/mol. The molecule has 0 saturated carbocycles. The lowest BCUT2D eigenvalue weighted by Gasteiger charge is -2.07. The van der Waals surface area contributed by atoms with E-state index in [9.17, 15) is 14.0 Å². The largest absolute Gasteiger partial charge is 0.460 e. The van der Waals surface area contributed by atoms with E-state index >= 15 is 0 Å². The van der Waals surface area contributed by atoms with Crippen molar-refractivity contribution in [1.82, 2.24) is 9.55 Å². The summed E-state index contributed by atoms with van der Waals surface area (Å²) in [5, 5.41) is 0. The molecule has 104 valence electrons. The highest BCUT2D eigenvalue weighted by atomic mass is 79.9. The normalized spacial score (nSPS) is 10.3. The number of rotatable bonds is 4. The number of nitrogens with zero attached hydrogens (tertiary/aromatic N) is 2. The Labute approximate surface area is 122 Å². The smallest absolute Gasteiger partial charge is 0.339 e. The van der Waals surface area contributed by atoms with E-state index in [0.717, 1.165) is 16.7 Å². The van der Waals surface area contributed by atoms with Gasteiger partial charge in [0.05, 0.1) is 18.3 Å². The Kier molecular flexibility index (Phi) is 4.62. The lowest BCUT2D eigenvalue weighted by atomic mass is 10.3. The molecular weight excluding hydrogens is 331 g/mol. The third-order valence-corrected chi connectivity index (χ3v) is 2.92. The van der Waals surface area contributed by atoms with Crippen LogP contribution in [-0.4, -0.2) is 22.1 Å². The van der Waals surface area contributed by atoms with Gasteiger partial charge < -0.3 is 9.30 Å². The van der Waals surface area contributed by atoms with Crippen molar-refractivity contribution in [3.8, 4) is 0 Å². The average molecular weight is 341 g/mol. The fourth-order valence-electron chi connectivity index (χ4n) is 1.52. The zero-order chi connectivity index (χ0) is 14.5. The summed E-state index contributed by atoms with van der Waals surface area (Å²) < 4.78 is 20.0. The van der Waals surface area contributed by atoms with Gasteiger partial charge in [-0.15, -0.1) is 0 Å².